The van der Waals surface area contributed by atoms with Crippen LogP contribution >= 0.6 is 0 Å². The number of benzene rings is 1. The average molecular weight is 666 g/mol. The van der Waals surface area contributed by atoms with Crippen molar-refractivity contribution in [2.45, 2.75) is 102 Å². The van der Waals surface area contributed by atoms with Crippen molar-refractivity contribution in [1.29, 1.82) is 0 Å². The number of aromatic nitrogens is 4. The van der Waals surface area contributed by atoms with Gasteiger partial charge >= 0.3 is 0 Å². The number of fused-ring (bicyclic) bond motifs is 5. The number of carbonyl (C=O) groups excluding carboxylic acids is 2. The summed E-state index contributed by atoms with van der Waals surface area (Å²) in [5.74, 6) is -1.59. The molecule has 0 spiro atoms. The Kier molecular flexibility index (Phi) is 7.53. The number of nitrogens with one attached hydrogen (secondary N) is 1. The van der Waals surface area contributed by atoms with Gasteiger partial charge in [0.25, 0.3) is 12.3 Å². The van der Waals surface area contributed by atoms with Gasteiger partial charge < -0.3 is 25.1 Å². The Morgan fingerprint density at radius 3 is 2.79 bits per heavy atom. The van der Waals surface area contributed by atoms with Crippen LogP contribution in [0.4, 0.5) is 17.6 Å². The summed E-state index contributed by atoms with van der Waals surface area (Å²) in [5.41, 5.74) is 6.60. The molecule has 4 aromatic rings. The van der Waals surface area contributed by atoms with Gasteiger partial charge in [-0.15, -0.1) is 0 Å². The molecule has 8 rings (SSSR count). The van der Waals surface area contributed by atoms with Gasteiger partial charge in [0.15, 0.2) is 5.82 Å². The summed E-state index contributed by atoms with van der Waals surface area (Å²) in [6.45, 7) is 1.83. The SMILES string of the molecule is C[C@H]1NC(=O)[C@@H]2C[C@@]2(F)CCCCCn2c(-c3nc4cc(C(=O)N5C[C@H](N)[C@@H]6CC[C@H]5C6)cc(F)c4n3CC(F)F)cc3ccc1nc32. The predicted octanol–water partition coefficient (Wildman–Crippen LogP) is 5.89. The van der Waals surface area contributed by atoms with Crippen molar-refractivity contribution >= 4 is 33.9 Å². The molecule has 6 atom stereocenters. The summed E-state index contributed by atoms with van der Waals surface area (Å²) in [7, 11) is 0. The predicted molar refractivity (Wildman–Crippen MR) is 172 cm³/mol. The lowest BCUT2D eigenvalue weighted by atomic mass is 9.94. The molecule has 9 nitrogen and oxygen atoms in total. The Morgan fingerprint density at radius 2 is 1.98 bits per heavy atom. The van der Waals surface area contributed by atoms with Crippen molar-refractivity contribution < 1.29 is 27.2 Å². The Hall–Kier alpha value is -4.00. The van der Waals surface area contributed by atoms with E-state index in [4.69, 9.17) is 15.7 Å². The molecule has 3 aromatic heterocycles. The fourth-order valence-electron chi connectivity index (χ4n) is 8.39. The van der Waals surface area contributed by atoms with Crippen LogP contribution < -0.4 is 11.1 Å². The van der Waals surface area contributed by atoms with E-state index in [9.17, 15) is 18.4 Å². The van der Waals surface area contributed by atoms with E-state index >= 15 is 8.78 Å². The standard InChI is InChI=1S/C35H39F4N7O2/c1-18-26-8-6-20-14-28(44(31(20)42-26)10-4-2-3-9-35(39)15-23(35)33(47)41-18)32-43-27-13-21(12-24(36)30(27)46(32)17-29(37)38)34(48)45-16-25(40)19-5-7-22(45)11-19/h6,8,12-14,18-19,22-23,25,29H,2-5,7,9-11,15-17,40H2,1H3,(H,41,47)/t18-,19-,22+,23+,25+,35+/m1/s1. The molecule has 1 aromatic carbocycles. The molecule has 5 heterocycles. The smallest absolute Gasteiger partial charge is 0.256 e. The molecule has 3 N–H and O–H groups in total. The summed E-state index contributed by atoms with van der Waals surface area (Å²) >= 11 is 0. The molecule has 3 fully saturated rings. The number of aryl methyl sites for hydroxylation is 1. The van der Waals surface area contributed by atoms with E-state index in [0.717, 1.165) is 30.7 Å². The molecule has 48 heavy (non-hydrogen) atoms. The molecule has 4 aliphatic rings. The lowest BCUT2D eigenvalue weighted by Gasteiger charge is -2.37. The van der Waals surface area contributed by atoms with Crippen LogP contribution in [0.15, 0.2) is 30.3 Å². The van der Waals surface area contributed by atoms with E-state index in [-0.39, 0.29) is 52.7 Å². The van der Waals surface area contributed by atoms with Gasteiger partial charge in [0.05, 0.1) is 35.4 Å². The van der Waals surface area contributed by atoms with Crippen molar-refractivity contribution in [1.82, 2.24) is 29.3 Å². The van der Waals surface area contributed by atoms with Crippen molar-refractivity contribution in [2.24, 2.45) is 17.6 Å². The van der Waals surface area contributed by atoms with Crippen molar-refractivity contribution in [3.63, 3.8) is 0 Å². The molecule has 2 aliphatic heterocycles. The quantitative estimate of drug-likeness (QED) is 0.264. The zero-order valence-corrected chi connectivity index (χ0v) is 26.8. The van der Waals surface area contributed by atoms with Gasteiger partial charge in [-0.2, -0.15) is 0 Å². The van der Waals surface area contributed by atoms with Gasteiger partial charge in [-0.3, -0.25) is 9.59 Å². The van der Waals surface area contributed by atoms with E-state index in [1.54, 1.807) is 24.0 Å². The normalized spacial score (nSPS) is 29.0. The maximum atomic E-state index is 16.0. The van der Waals surface area contributed by atoms with Gasteiger partial charge in [-0.1, -0.05) is 12.8 Å². The zero-order chi connectivity index (χ0) is 33.5. The number of pyridine rings is 1. The Morgan fingerprint density at radius 1 is 1.15 bits per heavy atom. The number of hydrogen-bond acceptors (Lipinski definition) is 5. The summed E-state index contributed by atoms with van der Waals surface area (Å²) in [6.07, 6.45) is 2.28. The van der Waals surface area contributed by atoms with Crippen LogP contribution in [-0.2, 0) is 17.9 Å². The second-order valence-electron chi connectivity index (χ2n) is 14.3. The molecular formula is C35H39F4N7O2. The molecule has 13 heteroatoms. The third kappa shape index (κ3) is 5.25. The van der Waals surface area contributed by atoms with Gasteiger partial charge in [0.1, 0.15) is 22.6 Å². The molecule has 2 aliphatic carbocycles. The highest BCUT2D eigenvalue weighted by molar-refractivity contribution is 5.98. The van der Waals surface area contributed by atoms with E-state index in [2.05, 4.69) is 5.32 Å². The van der Waals surface area contributed by atoms with Crippen LogP contribution in [-0.4, -0.2) is 66.5 Å². The fraction of sp³-hybridized carbons (Fsp3) is 0.543. The summed E-state index contributed by atoms with van der Waals surface area (Å²) in [6, 6.07) is 7.46. The number of likely N-dealkylation sites (tertiary alicyclic amines) is 1. The van der Waals surface area contributed by atoms with Gasteiger partial charge in [0.2, 0.25) is 5.91 Å². The molecule has 2 saturated carbocycles. The van der Waals surface area contributed by atoms with Gasteiger partial charge in [-0.25, -0.2) is 27.5 Å². The van der Waals surface area contributed by atoms with Crippen LogP contribution in [0.25, 0.3) is 33.6 Å². The lowest BCUT2D eigenvalue weighted by Crippen LogP contribution is -2.51. The lowest BCUT2D eigenvalue weighted by molar-refractivity contribution is -0.124. The number of amides is 2. The Bertz CT molecular complexity index is 1940. The maximum absolute atomic E-state index is 16.0. The third-order valence-corrected chi connectivity index (χ3v) is 11.1. The number of hydrogen-bond donors (Lipinski definition) is 2. The first-order valence-corrected chi connectivity index (χ1v) is 17.0. The highest BCUT2D eigenvalue weighted by Gasteiger charge is 2.59. The fourth-order valence-corrected chi connectivity index (χ4v) is 8.39. The first-order chi connectivity index (χ1) is 23.0. The number of alkyl halides is 3. The molecule has 4 bridgehead atoms. The van der Waals surface area contributed by atoms with Crippen molar-refractivity contribution in [3.8, 4) is 11.5 Å². The summed E-state index contributed by atoms with van der Waals surface area (Å²) in [4.78, 5) is 37.8. The molecule has 1 saturated heterocycles. The van der Waals surface area contributed by atoms with E-state index in [1.165, 1.54) is 10.6 Å². The maximum Gasteiger partial charge on any atom is 0.256 e. The largest absolute Gasteiger partial charge is 0.348 e. The van der Waals surface area contributed by atoms with Crippen molar-refractivity contribution in [3.05, 3.63) is 47.4 Å². The van der Waals surface area contributed by atoms with E-state index < -0.39 is 36.4 Å². The van der Waals surface area contributed by atoms with Crippen LogP contribution in [0.2, 0.25) is 0 Å². The van der Waals surface area contributed by atoms with Crippen LogP contribution in [0.3, 0.4) is 0 Å². The zero-order valence-electron chi connectivity index (χ0n) is 26.8. The molecular weight excluding hydrogens is 626 g/mol. The number of rotatable bonds is 4. The van der Waals surface area contributed by atoms with Crippen molar-refractivity contribution in [2.75, 3.05) is 6.54 Å². The minimum atomic E-state index is -2.80. The highest BCUT2D eigenvalue weighted by atomic mass is 19.3. The van der Waals surface area contributed by atoms with E-state index in [0.29, 0.717) is 61.7 Å². The second-order valence-corrected chi connectivity index (χ2v) is 14.3. The Labute approximate surface area is 274 Å². The van der Waals surface area contributed by atoms with Crippen LogP contribution in [0, 0.1) is 17.7 Å². The molecule has 0 radical (unpaired) electrons. The monoisotopic (exact) mass is 665 g/mol. The number of nitrogens with two attached hydrogens (primary N) is 1. The van der Waals surface area contributed by atoms with Gasteiger partial charge in [-0.05, 0) is 81.7 Å². The first kappa shape index (κ1) is 31.3. The summed E-state index contributed by atoms with van der Waals surface area (Å²) in [5, 5.41) is 3.63. The number of piperidine rings is 1. The second kappa shape index (κ2) is 11.6. The molecule has 254 valence electrons. The minimum Gasteiger partial charge on any atom is -0.348 e. The molecule has 2 amide bonds. The topological polar surface area (TPSA) is 111 Å². The average Bonchev–Trinajstić information content (AvgIpc) is 3.34. The van der Waals surface area contributed by atoms with Gasteiger partial charge in [0, 0.05) is 36.1 Å². The number of imidazole rings is 1. The summed E-state index contributed by atoms with van der Waals surface area (Å²) < 4.78 is 62.5. The first-order valence-electron chi connectivity index (χ1n) is 17.0. The number of halogens is 4. The molecule has 0 unspecified atom stereocenters. The highest BCUT2D eigenvalue weighted by Crippen LogP contribution is 2.51. The third-order valence-electron chi connectivity index (χ3n) is 11.1. The number of carbonyl (C=O) groups is 2. The Balaban J connectivity index is 1.22. The minimum absolute atomic E-state index is 0.0484. The van der Waals surface area contributed by atoms with E-state index in [1.807, 2.05) is 10.6 Å². The van der Waals surface area contributed by atoms with Crippen LogP contribution in [0.5, 0.6) is 0 Å². The van der Waals surface area contributed by atoms with Crippen LogP contribution in [0.1, 0.15) is 80.4 Å². The number of nitrogens with zero attached hydrogens (tertiary/aromatic N) is 5.